The number of unbranched alkanes of at least 4 members (excludes halogenated alkanes) is 3. The largest absolute Gasteiger partial charge is 0.511 e. The predicted octanol–water partition coefficient (Wildman–Crippen LogP) is 10.4. The molecule has 0 aromatic heterocycles. The molecule has 0 radical (unpaired) electrons. The molecule has 2 saturated carbocycles. The van der Waals surface area contributed by atoms with Crippen LogP contribution in [-0.4, -0.2) is 10.9 Å². The van der Waals surface area contributed by atoms with E-state index in [9.17, 15) is 9.90 Å². The molecule has 2 fully saturated rings. The first-order valence-electron chi connectivity index (χ1n) is 15.5. The minimum absolute atomic E-state index is 0.265. The van der Waals surface area contributed by atoms with Gasteiger partial charge in [-0.25, -0.2) is 0 Å². The van der Waals surface area contributed by atoms with E-state index >= 15 is 0 Å². The van der Waals surface area contributed by atoms with Crippen LogP contribution in [0.5, 0.6) is 0 Å². The molecule has 1 N–H and O–H groups in total. The van der Waals surface area contributed by atoms with Gasteiger partial charge in [0.2, 0.25) is 0 Å². The van der Waals surface area contributed by atoms with E-state index < -0.39 is 5.41 Å². The van der Waals surface area contributed by atoms with Gasteiger partial charge in [0.05, 0.1) is 5.41 Å². The Bertz CT molecular complexity index is 973. The van der Waals surface area contributed by atoms with Crippen LogP contribution < -0.4 is 0 Å². The molecule has 0 aliphatic heterocycles. The number of benzene rings is 1. The van der Waals surface area contributed by atoms with Gasteiger partial charge in [-0.1, -0.05) is 103 Å². The van der Waals surface area contributed by atoms with E-state index in [1.165, 1.54) is 22.3 Å². The highest BCUT2D eigenvalue weighted by Crippen LogP contribution is 2.56. The Balaban J connectivity index is 0.00000186. The smallest absolute Gasteiger partial charge is 0.177 e. The molecule has 1 aromatic rings. The molecule has 0 atom stereocenters. The van der Waals surface area contributed by atoms with Crippen molar-refractivity contribution in [2.75, 3.05) is 0 Å². The number of rotatable bonds is 14. The monoisotopic (exact) mass is 504 g/mol. The number of aryl methyl sites for hydroxylation is 1. The minimum atomic E-state index is -0.712. The molecule has 1 aromatic carbocycles. The maximum absolute atomic E-state index is 14.7. The van der Waals surface area contributed by atoms with Crippen molar-refractivity contribution in [1.29, 1.82) is 0 Å². The summed E-state index contributed by atoms with van der Waals surface area (Å²) in [5.41, 5.74) is 6.96. The molecule has 3 aliphatic rings. The highest BCUT2D eigenvalue weighted by Gasteiger charge is 2.51. The Labute approximate surface area is 227 Å². The normalized spacial score (nSPS) is 18.6. The maximum atomic E-state index is 14.7. The SMILES string of the molecule is CC.CCCCC1=C(O)C(CCCC)(CCCC)C(=O)C(C(CCc2ccccc2)=C2CC2)=C1C1CC1. The van der Waals surface area contributed by atoms with E-state index in [-0.39, 0.29) is 5.78 Å². The van der Waals surface area contributed by atoms with Gasteiger partial charge in [0.1, 0.15) is 5.76 Å². The first kappa shape index (κ1) is 29.5. The van der Waals surface area contributed by atoms with E-state index in [0.29, 0.717) is 11.7 Å². The van der Waals surface area contributed by atoms with Crippen molar-refractivity contribution in [2.24, 2.45) is 11.3 Å². The molecule has 2 nitrogen and oxygen atoms in total. The average Bonchev–Trinajstić information content (AvgIpc) is 3.85. The van der Waals surface area contributed by atoms with Crippen molar-refractivity contribution in [3.05, 3.63) is 69.5 Å². The molecule has 37 heavy (non-hydrogen) atoms. The third kappa shape index (κ3) is 6.87. The van der Waals surface area contributed by atoms with Gasteiger partial charge in [0.25, 0.3) is 0 Å². The summed E-state index contributed by atoms with van der Waals surface area (Å²) in [5, 5.41) is 11.9. The van der Waals surface area contributed by atoms with Crippen LogP contribution in [0, 0.1) is 11.3 Å². The maximum Gasteiger partial charge on any atom is 0.177 e. The Morgan fingerprint density at radius 2 is 1.49 bits per heavy atom. The molecule has 0 bridgehead atoms. The molecule has 0 amide bonds. The summed E-state index contributed by atoms with van der Waals surface area (Å²) >= 11 is 0. The van der Waals surface area contributed by atoms with Crippen LogP contribution in [0.25, 0.3) is 0 Å². The van der Waals surface area contributed by atoms with Crippen LogP contribution in [-0.2, 0) is 11.2 Å². The van der Waals surface area contributed by atoms with E-state index in [1.54, 1.807) is 0 Å². The van der Waals surface area contributed by atoms with Gasteiger partial charge < -0.3 is 5.11 Å². The molecular formula is C35H52O2. The number of hydrogen-bond acceptors (Lipinski definition) is 2. The summed E-state index contributed by atoms with van der Waals surface area (Å²) in [7, 11) is 0. The van der Waals surface area contributed by atoms with E-state index in [1.807, 2.05) is 13.8 Å². The van der Waals surface area contributed by atoms with Gasteiger partial charge in [-0.2, -0.15) is 0 Å². The van der Waals surface area contributed by atoms with Crippen molar-refractivity contribution < 1.29 is 9.90 Å². The molecule has 0 unspecified atom stereocenters. The standard InChI is InChI=1S/C33H46O2.C2H6/c1-4-7-15-28-29(26-19-20-26)30(27(25-17-18-25)21-16-24-13-11-10-12-14-24)32(35)33(31(28)34,22-8-5-2)23-9-6-3;1-2/h10-14,26,34H,4-9,15-23H2,1-3H3;1-2H3. The highest BCUT2D eigenvalue weighted by atomic mass is 16.3. The lowest BCUT2D eigenvalue weighted by molar-refractivity contribution is -0.125. The molecule has 2 heteroatoms. The molecule has 3 aliphatic carbocycles. The zero-order chi connectivity index (χ0) is 26.8. The summed E-state index contributed by atoms with van der Waals surface area (Å²) < 4.78 is 0. The van der Waals surface area contributed by atoms with Crippen molar-refractivity contribution in [3.63, 3.8) is 0 Å². The van der Waals surface area contributed by atoms with Crippen LogP contribution >= 0.6 is 0 Å². The molecule has 0 saturated heterocycles. The van der Waals surface area contributed by atoms with Crippen molar-refractivity contribution in [2.45, 2.75) is 131 Å². The third-order valence-corrected chi connectivity index (χ3v) is 8.41. The number of aliphatic hydroxyl groups excluding tert-OH is 1. The summed E-state index contributed by atoms with van der Waals surface area (Å²) in [6, 6.07) is 10.7. The lowest BCUT2D eigenvalue weighted by Gasteiger charge is -2.40. The van der Waals surface area contributed by atoms with Crippen LogP contribution in [0.15, 0.2) is 64.0 Å². The zero-order valence-corrected chi connectivity index (χ0v) is 24.4. The van der Waals surface area contributed by atoms with Crippen molar-refractivity contribution >= 4 is 5.78 Å². The van der Waals surface area contributed by atoms with Crippen molar-refractivity contribution in [1.82, 2.24) is 0 Å². The summed E-state index contributed by atoms with van der Waals surface area (Å²) in [6.45, 7) is 10.6. The Morgan fingerprint density at radius 1 is 0.892 bits per heavy atom. The van der Waals surface area contributed by atoms with Crippen LogP contribution in [0.4, 0.5) is 0 Å². The number of carbonyl (C=O) groups excluding carboxylic acids is 1. The number of aliphatic hydroxyl groups is 1. The van der Waals surface area contributed by atoms with Gasteiger partial charge in [0, 0.05) is 5.57 Å². The highest BCUT2D eigenvalue weighted by molar-refractivity contribution is 6.08. The van der Waals surface area contributed by atoms with Gasteiger partial charge >= 0.3 is 0 Å². The number of carbonyl (C=O) groups is 1. The second kappa shape index (κ2) is 14.2. The van der Waals surface area contributed by atoms with Crippen molar-refractivity contribution in [3.8, 4) is 0 Å². The van der Waals surface area contributed by atoms with Crippen LogP contribution in [0.2, 0.25) is 0 Å². The van der Waals surface area contributed by atoms with Gasteiger partial charge in [-0.15, -0.1) is 0 Å². The van der Waals surface area contributed by atoms with Crippen LogP contribution in [0.1, 0.15) is 130 Å². The van der Waals surface area contributed by atoms with Crippen LogP contribution in [0.3, 0.4) is 0 Å². The third-order valence-electron chi connectivity index (χ3n) is 8.41. The average molecular weight is 505 g/mol. The van der Waals surface area contributed by atoms with E-state index in [2.05, 4.69) is 51.1 Å². The number of ketones is 1. The summed E-state index contributed by atoms with van der Waals surface area (Å²) in [5.74, 6) is 1.19. The summed E-state index contributed by atoms with van der Waals surface area (Å²) in [4.78, 5) is 14.7. The molecule has 0 heterocycles. The molecular weight excluding hydrogens is 452 g/mol. The lowest BCUT2D eigenvalue weighted by atomic mass is 9.63. The lowest BCUT2D eigenvalue weighted by Crippen LogP contribution is -2.40. The zero-order valence-electron chi connectivity index (χ0n) is 24.4. The number of Topliss-reactive ketones (excluding diaryl/α,β-unsaturated/α-hetero) is 1. The topological polar surface area (TPSA) is 37.3 Å². The molecule has 0 spiro atoms. The Hall–Kier alpha value is -2.09. The fraction of sp³-hybridized carbons (Fsp3) is 0.629. The number of hydrogen-bond donors (Lipinski definition) is 1. The number of allylic oxidation sites excluding steroid dienone is 6. The quantitative estimate of drug-likeness (QED) is 0.273. The second-order valence-electron chi connectivity index (χ2n) is 11.2. The predicted molar refractivity (Wildman–Crippen MR) is 158 cm³/mol. The summed E-state index contributed by atoms with van der Waals surface area (Å²) in [6.07, 6.45) is 15.2. The fourth-order valence-corrected chi connectivity index (χ4v) is 6.07. The minimum Gasteiger partial charge on any atom is -0.511 e. The van der Waals surface area contributed by atoms with Gasteiger partial charge in [-0.05, 0) is 92.4 Å². The van der Waals surface area contributed by atoms with Gasteiger partial charge in [0.15, 0.2) is 5.78 Å². The first-order valence-corrected chi connectivity index (χ1v) is 15.5. The first-order chi connectivity index (χ1) is 18.1. The Morgan fingerprint density at radius 3 is 2.00 bits per heavy atom. The molecule has 4 rings (SSSR count). The second-order valence-corrected chi connectivity index (χ2v) is 11.2. The van der Waals surface area contributed by atoms with Gasteiger partial charge in [-0.3, -0.25) is 4.79 Å². The fourth-order valence-electron chi connectivity index (χ4n) is 6.07. The molecule has 204 valence electrons. The van der Waals surface area contributed by atoms with E-state index in [4.69, 9.17) is 0 Å². The van der Waals surface area contributed by atoms with E-state index in [0.717, 1.165) is 107 Å². The Kier molecular flexibility index (Phi) is 11.3.